The minimum Gasteiger partial charge on any atom is -0.385 e. The summed E-state index contributed by atoms with van der Waals surface area (Å²) >= 11 is 0. The molecule has 0 fully saturated rings. The first-order valence-corrected chi connectivity index (χ1v) is 11.7. The fraction of sp³-hybridized carbons (Fsp3) is 0.720. The van der Waals surface area contributed by atoms with Gasteiger partial charge in [0.15, 0.2) is 0 Å². The van der Waals surface area contributed by atoms with Gasteiger partial charge in [-0.05, 0) is 30.7 Å². The number of hydrogen-bond donors (Lipinski definition) is 1. The fourth-order valence-corrected chi connectivity index (χ4v) is 3.59. The van der Waals surface area contributed by atoms with E-state index in [4.69, 9.17) is 0 Å². The zero-order chi connectivity index (χ0) is 19.4. The van der Waals surface area contributed by atoms with Crippen molar-refractivity contribution < 1.29 is 4.79 Å². The van der Waals surface area contributed by atoms with Crippen molar-refractivity contribution in [3.05, 3.63) is 29.8 Å². The van der Waals surface area contributed by atoms with E-state index < -0.39 is 0 Å². The molecule has 0 radical (unpaired) electrons. The van der Waals surface area contributed by atoms with Gasteiger partial charge in [0, 0.05) is 17.8 Å². The van der Waals surface area contributed by atoms with Crippen LogP contribution in [0.25, 0.3) is 0 Å². The molecular formula is C25H43NO. The maximum Gasteiger partial charge on any atom is 0.150 e. The summed E-state index contributed by atoms with van der Waals surface area (Å²) in [5, 5.41) is 3.43. The number of benzene rings is 1. The van der Waals surface area contributed by atoms with E-state index in [0.29, 0.717) is 0 Å². The first-order chi connectivity index (χ1) is 13.4. The maximum atomic E-state index is 10.6. The van der Waals surface area contributed by atoms with Crippen LogP contribution in [0.1, 0.15) is 120 Å². The molecule has 0 atom stereocenters. The molecule has 0 spiro atoms. The molecule has 0 saturated carbocycles. The van der Waals surface area contributed by atoms with Crippen molar-refractivity contribution in [1.82, 2.24) is 0 Å². The number of rotatable bonds is 19. The molecule has 2 heteroatoms. The van der Waals surface area contributed by atoms with Crippen molar-refractivity contribution in [3.8, 4) is 0 Å². The Hall–Kier alpha value is -1.31. The van der Waals surface area contributed by atoms with Gasteiger partial charge < -0.3 is 5.32 Å². The summed E-state index contributed by atoms with van der Waals surface area (Å²) in [5.74, 6) is 0. The lowest BCUT2D eigenvalue weighted by Gasteiger charge is -2.06. The average molecular weight is 374 g/mol. The number of nitrogens with one attached hydrogen (secondary N) is 1. The average Bonchev–Trinajstić information content (AvgIpc) is 2.70. The minimum absolute atomic E-state index is 0.739. The van der Waals surface area contributed by atoms with E-state index >= 15 is 0 Å². The Kier molecular flexibility index (Phi) is 15.9. The van der Waals surface area contributed by atoms with Gasteiger partial charge in [-0.3, -0.25) is 4.79 Å². The molecule has 0 saturated heterocycles. The molecule has 0 aliphatic rings. The van der Waals surface area contributed by atoms with E-state index in [1.165, 1.54) is 103 Å². The number of carbonyl (C=O) groups is 1. The number of unbranched alkanes of at least 4 members (excludes halogenated alkanes) is 15. The highest BCUT2D eigenvalue weighted by atomic mass is 16.1. The van der Waals surface area contributed by atoms with E-state index in [0.717, 1.165) is 24.1 Å². The number of anilines is 1. The van der Waals surface area contributed by atoms with Gasteiger partial charge in [-0.15, -0.1) is 0 Å². The second kappa shape index (κ2) is 18.1. The second-order valence-corrected chi connectivity index (χ2v) is 7.97. The monoisotopic (exact) mass is 373 g/mol. The molecule has 0 aromatic heterocycles. The predicted octanol–water partition coefficient (Wildman–Crippen LogP) is 8.17. The first kappa shape index (κ1) is 23.7. The first-order valence-electron chi connectivity index (χ1n) is 11.7. The highest BCUT2D eigenvalue weighted by molar-refractivity contribution is 5.75. The molecule has 0 unspecified atom stereocenters. The van der Waals surface area contributed by atoms with E-state index in [2.05, 4.69) is 12.2 Å². The number of aldehydes is 1. The minimum atomic E-state index is 0.739. The van der Waals surface area contributed by atoms with Gasteiger partial charge >= 0.3 is 0 Å². The summed E-state index contributed by atoms with van der Waals surface area (Å²) in [6.07, 6.45) is 23.4. The Morgan fingerprint density at radius 3 is 1.44 bits per heavy atom. The van der Waals surface area contributed by atoms with Crippen LogP contribution in [0.2, 0.25) is 0 Å². The van der Waals surface area contributed by atoms with Crippen molar-refractivity contribution >= 4 is 12.0 Å². The molecular weight excluding hydrogens is 330 g/mol. The van der Waals surface area contributed by atoms with E-state index in [-0.39, 0.29) is 0 Å². The lowest BCUT2D eigenvalue weighted by Crippen LogP contribution is -2.01. The summed E-state index contributed by atoms with van der Waals surface area (Å²) in [7, 11) is 0. The summed E-state index contributed by atoms with van der Waals surface area (Å²) in [6, 6.07) is 7.69. The van der Waals surface area contributed by atoms with E-state index in [1.54, 1.807) is 0 Å². The third kappa shape index (κ3) is 14.4. The number of hydrogen-bond acceptors (Lipinski definition) is 2. The summed E-state index contributed by atoms with van der Waals surface area (Å²) in [4.78, 5) is 10.6. The molecule has 2 nitrogen and oxygen atoms in total. The van der Waals surface area contributed by atoms with Gasteiger partial charge in [0.2, 0.25) is 0 Å². The van der Waals surface area contributed by atoms with Gasteiger partial charge in [0.05, 0.1) is 0 Å². The summed E-state index contributed by atoms with van der Waals surface area (Å²) < 4.78 is 0. The largest absolute Gasteiger partial charge is 0.385 e. The fourth-order valence-electron chi connectivity index (χ4n) is 3.59. The molecule has 1 N–H and O–H groups in total. The highest BCUT2D eigenvalue weighted by Gasteiger charge is 1.96. The van der Waals surface area contributed by atoms with Gasteiger partial charge in [-0.2, -0.15) is 0 Å². The lowest BCUT2D eigenvalue weighted by molar-refractivity contribution is 0.112. The van der Waals surface area contributed by atoms with Gasteiger partial charge in [-0.25, -0.2) is 0 Å². The Balaban J connectivity index is 1.76. The Morgan fingerprint density at radius 1 is 0.630 bits per heavy atom. The van der Waals surface area contributed by atoms with Crippen LogP contribution in [0, 0.1) is 0 Å². The van der Waals surface area contributed by atoms with E-state index in [1.807, 2.05) is 24.3 Å². The SMILES string of the molecule is CCCCCCCCCCCCCCCCCCNc1ccc(C=O)cc1. The zero-order valence-corrected chi connectivity index (χ0v) is 17.8. The third-order valence-electron chi connectivity index (χ3n) is 5.41. The molecule has 0 amide bonds. The summed E-state index contributed by atoms with van der Waals surface area (Å²) in [6.45, 7) is 3.31. The van der Waals surface area contributed by atoms with Gasteiger partial charge in [0.25, 0.3) is 0 Å². The number of carbonyl (C=O) groups excluding carboxylic acids is 1. The maximum absolute atomic E-state index is 10.6. The van der Waals surface area contributed by atoms with Crippen molar-refractivity contribution in [3.63, 3.8) is 0 Å². The van der Waals surface area contributed by atoms with Crippen molar-refractivity contribution in [1.29, 1.82) is 0 Å². The van der Waals surface area contributed by atoms with Crippen LogP contribution in [0.5, 0.6) is 0 Å². The van der Waals surface area contributed by atoms with Gasteiger partial charge in [0.1, 0.15) is 6.29 Å². The van der Waals surface area contributed by atoms with Crippen molar-refractivity contribution in [2.45, 2.75) is 110 Å². The smallest absolute Gasteiger partial charge is 0.150 e. The van der Waals surface area contributed by atoms with Crippen LogP contribution in [0.4, 0.5) is 5.69 Å². The van der Waals surface area contributed by atoms with Crippen LogP contribution in [-0.2, 0) is 0 Å². The lowest BCUT2D eigenvalue weighted by atomic mass is 10.0. The molecule has 0 aliphatic heterocycles. The van der Waals surface area contributed by atoms with Crippen LogP contribution in [0.15, 0.2) is 24.3 Å². The Morgan fingerprint density at radius 2 is 1.04 bits per heavy atom. The summed E-state index contributed by atoms with van der Waals surface area (Å²) in [5.41, 5.74) is 1.85. The van der Waals surface area contributed by atoms with Crippen LogP contribution in [-0.4, -0.2) is 12.8 Å². The van der Waals surface area contributed by atoms with Crippen molar-refractivity contribution in [2.75, 3.05) is 11.9 Å². The quantitative estimate of drug-likeness (QED) is 0.196. The molecule has 154 valence electrons. The standard InChI is InChI=1S/C25H43NO/c1-2-3-4-5-6-7-8-9-10-11-12-13-14-15-16-17-22-26-25-20-18-24(23-27)19-21-25/h18-21,23,26H,2-17,22H2,1H3. The molecule has 0 aliphatic carbocycles. The topological polar surface area (TPSA) is 29.1 Å². The van der Waals surface area contributed by atoms with Crippen molar-refractivity contribution in [2.24, 2.45) is 0 Å². The van der Waals surface area contributed by atoms with Crippen LogP contribution in [0.3, 0.4) is 0 Å². The normalized spacial score (nSPS) is 10.9. The molecule has 1 aromatic rings. The van der Waals surface area contributed by atoms with E-state index in [9.17, 15) is 4.79 Å². The zero-order valence-electron chi connectivity index (χ0n) is 17.8. The molecule has 1 rings (SSSR count). The Labute approximate surface area is 168 Å². The van der Waals surface area contributed by atoms with Crippen LogP contribution >= 0.6 is 0 Å². The third-order valence-corrected chi connectivity index (χ3v) is 5.41. The molecule has 27 heavy (non-hydrogen) atoms. The van der Waals surface area contributed by atoms with Gasteiger partial charge in [-0.1, -0.05) is 103 Å². The second-order valence-electron chi connectivity index (χ2n) is 7.97. The molecule has 0 heterocycles. The molecule has 0 bridgehead atoms. The Bertz CT molecular complexity index is 440. The predicted molar refractivity (Wildman–Crippen MR) is 120 cm³/mol. The molecule has 1 aromatic carbocycles. The highest BCUT2D eigenvalue weighted by Crippen LogP contribution is 2.14. The van der Waals surface area contributed by atoms with Crippen LogP contribution < -0.4 is 5.32 Å².